The van der Waals surface area contributed by atoms with Crippen molar-refractivity contribution in [3.05, 3.63) is 34.5 Å². The van der Waals surface area contributed by atoms with Crippen LogP contribution in [0, 0.1) is 32.1 Å². The number of aryl methyl sites for hydroxylation is 3. The van der Waals surface area contributed by atoms with Gasteiger partial charge in [0.15, 0.2) is 0 Å². The van der Waals surface area contributed by atoms with Crippen molar-refractivity contribution in [2.45, 2.75) is 27.2 Å². The van der Waals surface area contributed by atoms with Crippen molar-refractivity contribution in [1.29, 1.82) is 5.26 Å². The summed E-state index contributed by atoms with van der Waals surface area (Å²) in [5.41, 5.74) is 6.55. The molecular weight excluding hydrogens is 234 g/mol. The maximum absolute atomic E-state index is 9.04. The molecule has 0 atom stereocenters. The van der Waals surface area contributed by atoms with Crippen LogP contribution in [0.15, 0.2) is 12.1 Å². The van der Waals surface area contributed by atoms with E-state index in [2.05, 4.69) is 36.9 Å². The Morgan fingerprint density at radius 2 is 1.89 bits per heavy atom. The Labute approximate surface area is 114 Å². The van der Waals surface area contributed by atoms with E-state index in [0.29, 0.717) is 6.42 Å². The van der Waals surface area contributed by atoms with E-state index >= 15 is 0 Å². The summed E-state index contributed by atoms with van der Waals surface area (Å²) in [5, 5.41) is 10.2. The van der Waals surface area contributed by atoms with Gasteiger partial charge in [-0.05, 0) is 32.4 Å². The summed E-state index contributed by atoms with van der Waals surface area (Å²) >= 11 is 0. The molecule has 0 unspecified atom stereocenters. The molecule has 0 fully saturated rings. The fourth-order valence-electron chi connectivity index (χ4n) is 2.66. The Kier molecular flexibility index (Phi) is 3.44. The van der Waals surface area contributed by atoms with Crippen molar-refractivity contribution in [2.24, 2.45) is 0 Å². The lowest BCUT2D eigenvalue weighted by Gasteiger charge is -2.21. The minimum absolute atomic E-state index is 0.398. The smallest absolute Gasteiger partial charge is 0.0755 e. The number of hydrogen-bond donors (Lipinski definition) is 0. The molecule has 0 saturated carbocycles. The molecule has 0 N–H and O–H groups in total. The van der Waals surface area contributed by atoms with Gasteiger partial charge in [0.25, 0.3) is 0 Å². The Morgan fingerprint density at radius 1 is 1.21 bits per heavy atom. The van der Waals surface area contributed by atoms with Gasteiger partial charge in [-0.15, -0.1) is 0 Å². The summed E-state index contributed by atoms with van der Waals surface area (Å²) in [4.78, 5) is 6.79. The van der Waals surface area contributed by atoms with Crippen molar-refractivity contribution < 1.29 is 0 Å². The third-order valence-electron chi connectivity index (χ3n) is 3.41. The van der Waals surface area contributed by atoms with Crippen LogP contribution < -0.4 is 4.90 Å². The normalized spacial score (nSPS) is 10.5. The van der Waals surface area contributed by atoms with Gasteiger partial charge >= 0.3 is 0 Å². The van der Waals surface area contributed by atoms with E-state index in [9.17, 15) is 0 Å². The van der Waals surface area contributed by atoms with E-state index in [1.807, 2.05) is 21.0 Å². The van der Waals surface area contributed by atoms with Crippen LogP contribution in [0.2, 0.25) is 0 Å². The topological polar surface area (TPSA) is 39.9 Å². The van der Waals surface area contributed by atoms with Gasteiger partial charge in [-0.1, -0.05) is 11.6 Å². The Bertz CT molecular complexity index is 679. The molecule has 0 aliphatic rings. The van der Waals surface area contributed by atoms with E-state index in [-0.39, 0.29) is 0 Å². The van der Waals surface area contributed by atoms with Crippen molar-refractivity contribution >= 4 is 16.6 Å². The number of nitriles is 1. The van der Waals surface area contributed by atoms with Gasteiger partial charge in [0, 0.05) is 30.7 Å². The third kappa shape index (κ3) is 2.26. The number of aromatic nitrogens is 1. The van der Waals surface area contributed by atoms with Gasteiger partial charge in [0.2, 0.25) is 0 Å². The summed E-state index contributed by atoms with van der Waals surface area (Å²) in [6.07, 6.45) is 0.398. The minimum atomic E-state index is 0.398. The van der Waals surface area contributed by atoms with Crippen molar-refractivity contribution in [3.8, 4) is 6.07 Å². The van der Waals surface area contributed by atoms with Crippen molar-refractivity contribution in [1.82, 2.24) is 4.98 Å². The molecule has 1 aromatic carbocycles. The number of pyridine rings is 1. The van der Waals surface area contributed by atoms with E-state index in [1.165, 1.54) is 11.1 Å². The Balaban J connectivity index is 2.95. The second-order valence-corrected chi connectivity index (χ2v) is 5.23. The summed E-state index contributed by atoms with van der Waals surface area (Å²) in [5.74, 6) is 0. The molecule has 98 valence electrons. The van der Waals surface area contributed by atoms with E-state index < -0.39 is 0 Å². The van der Waals surface area contributed by atoms with Gasteiger partial charge in [-0.25, -0.2) is 0 Å². The van der Waals surface area contributed by atoms with E-state index in [1.54, 1.807) is 0 Å². The van der Waals surface area contributed by atoms with Crippen molar-refractivity contribution in [3.63, 3.8) is 0 Å². The first-order chi connectivity index (χ1) is 8.95. The van der Waals surface area contributed by atoms with Crippen LogP contribution in [0.1, 0.15) is 22.4 Å². The monoisotopic (exact) mass is 253 g/mol. The lowest BCUT2D eigenvalue weighted by atomic mass is 9.99. The Hall–Kier alpha value is -2.08. The summed E-state index contributed by atoms with van der Waals surface area (Å²) < 4.78 is 0. The number of nitrogens with zero attached hydrogens (tertiary/aromatic N) is 3. The van der Waals surface area contributed by atoms with Gasteiger partial charge in [-0.2, -0.15) is 5.26 Å². The van der Waals surface area contributed by atoms with Crippen LogP contribution in [0.5, 0.6) is 0 Å². The van der Waals surface area contributed by atoms with E-state index in [0.717, 1.165) is 27.8 Å². The highest BCUT2D eigenvalue weighted by Gasteiger charge is 2.15. The average molecular weight is 253 g/mol. The summed E-state index contributed by atoms with van der Waals surface area (Å²) in [7, 11) is 4.04. The quantitative estimate of drug-likeness (QED) is 0.824. The van der Waals surface area contributed by atoms with Crippen LogP contribution in [0.25, 0.3) is 10.9 Å². The lowest BCUT2D eigenvalue weighted by Crippen LogP contribution is -2.14. The second kappa shape index (κ2) is 4.89. The average Bonchev–Trinajstić information content (AvgIpc) is 2.31. The predicted octanol–water partition coefficient (Wildman–Crippen LogP) is 3.29. The fraction of sp³-hybridized carbons (Fsp3) is 0.375. The number of benzene rings is 1. The van der Waals surface area contributed by atoms with Gasteiger partial charge in [0.05, 0.1) is 23.7 Å². The largest absolute Gasteiger partial charge is 0.377 e. The molecule has 2 aromatic rings. The zero-order valence-corrected chi connectivity index (χ0v) is 12.2. The molecule has 19 heavy (non-hydrogen) atoms. The molecule has 2 rings (SSSR count). The fourth-order valence-corrected chi connectivity index (χ4v) is 2.66. The number of rotatable bonds is 2. The summed E-state index contributed by atoms with van der Waals surface area (Å²) in [6.45, 7) is 6.17. The molecule has 1 heterocycles. The molecule has 1 aromatic heterocycles. The highest BCUT2D eigenvalue weighted by Crippen LogP contribution is 2.33. The van der Waals surface area contributed by atoms with Crippen LogP contribution in [-0.4, -0.2) is 19.1 Å². The SMILES string of the molecule is Cc1cc(C)c2nc(C)c(CC#N)c(N(C)C)c2c1. The zero-order valence-electron chi connectivity index (χ0n) is 12.2. The molecule has 0 aliphatic carbocycles. The molecule has 0 aliphatic heterocycles. The molecule has 0 radical (unpaired) electrons. The molecule has 0 saturated heterocycles. The highest BCUT2D eigenvalue weighted by molar-refractivity contribution is 5.96. The molecule has 0 bridgehead atoms. The molecular formula is C16H19N3. The van der Waals surface area contributed by atoms with Crippen LogP contribution in [0.3, 0.4) is 0 Å². The summed E-state index contributed by atoms with van der Waals surface area (Å²) in [6, 6.07) is 6.56. The minimum Gasteiger partial charge on any atom is -0.377 e. The maximum Gasteiger partial charge on any atom is 0.0755 e. The molecule has 0 amide bonds. The van der Waals surface area contributed by atoms with Gasteiger partial charge in [-0.3, -0.25) is 4.98 Å². The first-order valence-electron chi connectivity index (χ1n) is 6.40. The first-order valence-corrected chi connectivity index (χ1v) is 6.40. The zero-order chi connectivity index (χ0) is 14.2. The van der Waals surface area contributed by atoms with Crippen molar-refractivity contribution in [2.75, 3.05) is 19.0 Å². The number of hydrogen-bond acceptors (Lipinski definition) is 3. The van der Waals surface area contributed by atoms with Crippen LogP contribution in [0.4, 0.5) is 5.69 Å². The molecule has 3 heteroatoms. The second-order valence-electron chi connectivity index (χ2n) is 5.23. The predicted molar refractivity (Wildman–Crippen MR) is 79.6 cm³/mol. The third-order valence-corrected chi connectivity index (χ3v) is 3.41. The van der Waals surface area contributed by atoms with Crippen LogP contribution >= 0.6 is 0 Å². The standard InChI is InChI=1S/C16H19N3/c1-10-8-11(2)15-14(9-10)16(19(4)5)13(6-7-17)12(3)18-15/h8-9H,6H2,1-5H3. The first kappa shape index (κ1) is 13.4. The maximum atomic E-state index is 9.04. The van der Waals surface area contributed by atoms with Gasteiger partial charge < -0.3 is 4.90 Å². The Morgan fingerprint density at radius 3 is 2.47 bits per heavy atom. The molecule has 0 spiro atoms. The van der Waals surface area contributed by atoms with Crippen LogP contribution in [-0.2, 0) is 6.42 Å². The number of fused-ring (bicyclic) bond motifs is 1. The molecule has 3 nitrogen and oxygen atoms in total. The lowest BCUT2D eigenvalue weighted by molar-refractivity contribution is 1.06. The van der Waals surface area contributed by atoms with Gasteiger partial charge in [0.1, 0.15) is 0 Å². The number of anilines is 1. The van der Waals surface area contributed by atoms with E-state index in [4.69, 9.17) is 10.2 Å². The highest BCUT2D eigenvalue weighted by atomic mass is 15.1.